The standard InChI is InChI=1S/C27H31ClN2O4S/c1-16(2)23-15-24(18(4)13-26(23)34-6)19(5)29-27(31)22-12-9-20(14-25(22)28)30-35(32,33)21-10-7-17(3)8-11-21/h7-16,19,30H,1-6H3,(H,29,31). The Bertz CT molecular complexity index is 1340. The fraction of sp³-hybridized carbons (Fsp3) is 0.296. The molecule has 0 aliphatic heterocycles. The van der Waals surface area contributed by atoms with Crippen LogP contribution in [-0.2, 0) is 10.0 Å². The lowest BCUT2D eigenvalue weighted by Gasteiger charge is -2.21. The lowest BCUT2D eigenvalue weighted by atomic mass is 9.93. The average Bonchev–Trinajstić information content (AvgIpc) is 2.78. The summed E-state index contributed by atoms with van der Waals surface area (Å²) in [5, 5.41) is 3.14. The normalized spacial score (nSPS) is 12.3. The van der Waals surface area contributed by atoms with Crippen LogP contribution in [0, 0.1) is 13.8 Å². The molecule has 186 valence electrons. The van der Waals surface area contributed by atoms with Gasteiger partial charge < -0.3 is 10.1 Å². The van der Waals surface area contributed by atoms with Crippen LogP contribution in [0.2, 0.25) is 5.02 Å². The number of ether oxygens (including phenoxy) is 1. The van der Waals surface area contributed by atoms with Gasteiger partial charge >= 0.3 is 0 Å². The number of halogens is 1. The zero-order valence-corrected chi connectivity index (χ0v) is 22.3. The third-order valence-corrected chi connectivity index (χ3v) is 7.56. The van der Waals surface area contributed by atoms with Gasteiger partial charge in [0.1, 0.15) is 5.75 Å². The second kappa shape index (κ2) is 10.7. The van der Waals surface area contributed by atoms with Crippen LogP contribution in [0.25, 0.3) is 0 Å². The van der Waals surface area contributed by atoms with Crippen LogP contribution in [0.4, 0.5) is 5.69 Å². The second-order valence-corrected chi connectivity index (χ2v) is 11.0. The smallest absolute Gasteiger partial charge is 0.261 e. The topological polar surface area (TPSA) is 84.5 Å². The van der Waals surface area contributed by atoms with Crippen molar-refractivity contribution in [2.24, 2.45) is 0 Å². The molecule has 0 aromatic heterocycles. The van der Waals surface area contributed by atoms with Gasteiger partial charge in [0.15, 0.2) is 0 Å². The van der Waals surface area contributed by atoms with E-state index < -0.39 is 10.0 Å². The zero-order valence-electron chi connectivity index (χ0n) is 20.8. The third kappa shape index (κ3) is 6.16. The van der Waals surface area contributed by atoms with Gasteiger partial charge in [-0.3, -0.25) is 9.52 Å². The quantitative estimate of drug-likeness (QED) is 0.365. The van der Waals surface area contributed by atoms with Crippen LogP contribution in [0.3, 0.4) is 0 Å². The molecule has 0 aliphatic rings. The minimum absolute atomic E-state index is 0.144. The number of amides is 1. The van der Waals surface area contributed by atoms with Crippen molar-refractivity contribution >= 4 is 33.2 Å². The molecule has 6 nitrogen and oxygen atoms in total. The van der Waals surface area contributed by atoms with E-state index in [1.165, 1.54) is 30.3 Å². The van der Waals surface area contributed by atoms with Crippen LogP contribution in [0.5, 0.6) is 5.75 Å². The van der Waals surface area contributed by atoms with Gasteiger partial charge in [-0.1, -0.05) is 43.1 Å². The number of hydrogen-bond donors (Lipinski definition) is 2. The summed E-state index contributed by atoms with van der Waals surface area (Å²) in [5.74, 6) is 0.737. The molecule has 0 fully saturated rings. The Morgan fingerprint density at radius 2 is 1.60 bits per heavy atom. The Hall–Kier alpha value is -3.03. The number of methoxy groups -OCH3 is 1. The second-order valence-electron chi connectivity index (χ2n) is 8.91. The fourth-order valence-electron chi connectivity index (χ4n) is 3.86. The first-order valence-electron chi connectivity index (χ1n) is 11.3. The van der Waals surface area contributed by atoms with E-state index in [9.17, 15) is 13.2 Å². The molecule has 0 bridgehead atoms. The summed E-state index contributed by atoms with van der Waals surface area (Å²) in [5.41, 5.74) is 4.55. The predicted molar refractivity (Wildman–Crippen MR) is 141 cm³/mol. The van der Waals surface area contributed by atoms with Crippen LogP contribution in [0.1, 0.15) is 65.3 Å². The first kappa shape index (κ1) is 26.6. The van der Waals surface area contributed by atoms with E-state index in [1.807, 2.05) is 26.8 Å². The molecular formula is C27H31ClN2O4S. The molecule has 1 amide bonds. The Morgan fingerprint density at radius 3 is 2.17 bits per heavy atom. The largest absolute Gasteiger partial charge is 0.496 e. The summed E-state index contributed by atoms with van der Waals surface area (Å²) >= 11 is 6.37. The number of sulfonamides is 1. The summed E-state index contributed by atoms with van der Waals surface area (Å²) in [6.45, 7) is 9.96. The Balaban J connectivity index is 1.78. The molecule has 8 heteroatoms. The molecule has 0 spiro atoms. The molecule has 3 rings (SSSR count). The predicted octanol–water partition coefficient (Wildman–Crippen LogP) is 6.38. The zero-order chi connectivity index (χ0) is 25.9. The van der Waals surface area contributed by atoms with Gasteiger partial charge in [-0.15, -0.1) is 0 Å². The lowest BCUT2D eigenvalue weighted by molar-refractivity contribution is 0.0940. The minimum Gasteiger partial charge on any atom is -0.496 e. The number of carbonyl (C=O) groups is 1. The first-order valence-corrected chi connectivity index (χ1v) is 13.2. The van der Waals surface area contributed by atoms with Crippen molar-refractivity contribution in [1.82, 2.24) is 5.32 Å². The van der Waals surface area contributed by atoms with Gasteiger partial charge in [0, 0.05) is 0 Å². The molecule has 35 heavy (non-hydrogen) atoms. The molecule has 0 saturated carbocycles. The van der Waals surface area contributed by atoms with E-state index in [1.54, 1.807) is 19.2 Å². The molecule has 0 heterocycles. The van der Waals surface area contributed by atoms with Crippen molar-refractivity contribution in [2.45, 2.75) is 51.5 Å². The van der Waals surface area contributed by atoms with Crippen molar-refractivity contribution in [3.8, 4) is 5.75 Å². The Labute approximate surface area is 212 Å². The number of nitrogens with one attached hydrogen (secondary N) is 2. The molecule has 3 aromatic rings. The highest BCUT2D eigenvalue weighted by molar-refractivity contribution is 7.92. The van der Waals surface area contributed by atoms with E-state index in [-0.39, 0.29) is 39.0 Å². The fourth-order valence-corrected chi connectivity index (χ4v) is 5.17. The molecule has 0 saturated heterocycles. The SMILES string of the molecule is COc1cc(C)c(C(C)NC(=O)c2ccc(NS(=O)(=O)c3ccc(C)cc3)cc2Cl)cc1C(C)C. The number of rotatable bonds is 8. The molecule has 1 atom stereocenters. The molecule has 0 aliphatic carbocycles. The highest BCUT2D eigenvalue weighted by Crippen LogP contribution is 2.32. The van der Waals surface area contributed by atoms with Crippen molar-refractivity contribution in [3.63, 3.8) is 0 Å². The van der Waals surface area contributed by atoms with Crippen LogP contribution in [0.15, 0.2) is 59.5 Å². The average molecular weight is 515 g/mol. The maximum atomic E-state index is 13.0. The van der Waals surface area contributed by atoms with Crippen molar-refractivity contribution in [3.05, 3.63) is 87.4 Å². The Morgan fingerprint density at radius 1 is 0.943 bits per heavy atom. The van der Waals surface area contributed by atoms with Crippen molar-refractivity contribution < 1.29 is 17.9 Å². The number of aryl methyl sites for hydroxylation is 2. The first-order chi connectivity index (χ1) is 16.4. The van der Waals surface area contributed by atoms with E-state index in [2.05, 4.69) is 30.0 Å². The lowest BCUT2D eigenvalue weighted by Crippen LogP contribution is -2.27. The van der Waals surface area contributed by atoms with Crippen LogP contribution >= 0.6 is 11.6 Å². The molecule has 0 radical (unpaired) electrons. The maximum absolute atomic E-state index is 13.0. The molecular weight excluding hydrogens is 484 g/mol. The maximum Gasteiger partial charge on any atom is 0.261 e. The van der Waals surface area contributed by atoms with Crippen molar-refractivity contribution in [1.29, 1.82) is 0 Å². The van der Waals surface area contributed by atoms with Gasteiger partial charge in [0.25, 0.3) is 15.9 Å². The highest BCUT2D eigenvalue weighted by atomic mass is 35.5. The highest BCUT2D eigenvalue weighted by Gasteiger charge is 2.20. The van der Waals surface area contributed by atoms with Gasteiger partial charge in [0.05, 0.1) is 34.3 Å². The third-order valence-electron chi connectivity index (χ3n) is 5.85. The van der Waals surface area contributed by atoms with Crippen LogP contribution in [-0.4, -0.2) is 21.4 Å². The number of benzene rings is 3. The van der Waals surface area contributed by atoms with Crippen molar-refractivity contribution in [2.75, 3.05) is 11.8 Å². The van der Waals surface area contributed by atoms with E-state index in [4.69, 9.17) is 16.3 Å². The number of carbonyl (C=O) groups excluding carboxylic acids is 1. The summed E-state index contributed by atoms with van der Waals surface area (Å²) in [6.07, 6.45) is 0. The number of hydrogen-bond acceptors (Lipinski definition) is 4. The molecule has 1 unspecified atom stereocenters. The Kier molecular flexibility index (Phi) is 8.13. The van der Waals surface area contributed by atoms with E-state index in [0.29, 0.717) is 0 Å². The summed E-state index contributed by atoms with van der Waals surface area (Å²) in [4.78, 5) is 13.1. The van der Waals surface area contributed by atoms with E-state index >= 15 is 0 Å². The number of anilines is 1. The minimum atomic E-state index is -3.78. The van der Waals surface area contributed by atoms with Crippen LogP contribution < -0.4 is 14.8 Å². The summed E-state index contributed by atoms with van der Waals surface area (Å²) in [6, 6.07) is 14.8. The summed E-state index contributed by atoms with van der Waals surface area (Å²) < 4.78 is 33.3. The van der Waals surface area contributed by atoms with E-state index in [0.717, 1.165) is 28.0 Å². The van der Waals surface area contributed by atoms with Gasteiger partial charge in [-0.05, 0) is 85.8 Å². The monoisotopic (exact) mass is 514 g/mol. The van der Waals surface area contributed by atoms with Gasteiger partial charge in [-0.2, -0.15) is 0 Å². The van der Waals surface area contributed by atoms with Gasteiger partial charge in [-0.25, -0.2) is 8.42 Å². The summed E-state index contributed by atoms with van der Waals surface area (Å²) in [7, 11) is -2.13. The molecule has 3 aromatic carbocycles. The molecule has 2 N–H and O–H groups in total. The van der Waals surface area contributed by atoms with Gasteiger partial charge in [0.2, 0.25) is 0 Å².